The summed E-state index contributed by atoms with van der Waals surface area (Å²) >= 11 is 4.45. The first kappa shape index (κ1) is 12.4. The van der Waals surface area contributed by atoms with Crippen molar-refractivity contribution in [1.29, 1.82) is 0 Å². The zero-order valence-corrected chi connectivity index (χ0v) is 8.77. The van der Waals surface area contributed by atoms with E-state index in [1.54, 1.807) is 0 Å². The number of thiocarbonyl (C=S) groups is 1. The topological polar surface area (TPSA) is 50.4 Å². The molecule has 0 aliphatic carbocycles. The molecule has 0 unspecified atom stereocenters. The maximum atomic E-state index is 12.5. The van der Waals surface area contributed by atoms with Crippen LogP contribution in [0.3, 0.4) is 0 Å². The molecule has 0 atom stereocenters. The molecule has 1 aromatic rings. The predicted molar refractivity (Wildman–Crippen MR) is 59.0 cm³/mol. The summed E-state index contributed by atoms with van der Waals surface area (Å²) in [4.78, 5) is 0. The van der Waals surface area contributed by atoms with Crippen molar-refractivity contribution in [2.45, 2.75) is 6.18 Å². The molecule has 1 aromatic carbocycles. The predicted octanol–water partition coefficient (Wildman–Crippen LogP) is 1.87. The molecule has 0 saturated carbocycles. The second-order valence-electron chi connectivity index (χ2n) is 2.82. The first-order valence-electron chi connectivity index (χ1n) is 4.16. The number of hydrazone groups is 1. The summed E-state index contributed by atoms with van der Waals surface area (Å²) in [6.45, 7) is 0. The molecule has 3 N–H and O–H groups in total. The van der Waals surface area contributed by atoms with E-state index in [4.69, 9.17) is 5.73 Å². The average molecular weight is 247 g/mol. The van der Waals surface area contributed by atoms with Gasteiger partial charge in [-0.3, -0.25) is 5.43 Å². The largest absolute Gasteiger partial charge is 0.417 e. The van der Waals surface area contributed by atoms with Gasteiger partial charge < -0.3 is 5.73 Å². The Balaban J connectivity index is 2.96. The van der Waals surface area contributed by atoms with Crippen LogP contribution in [-0.4, -0.2) is 11.3 Å². The quantitative estimate of drug-likeness (QED) is 0.476. The van der Waals surface area contributed by atoms with E-state index < -0.39 is 11.7 Å². The molecule has 0 aliphatic rings. The third-order valence-electron chi connectivity index (χ3n) is 1.64. The van der Waals surface area contributed by atoms with E-state index in [1.807, 2.05) is 0 Å². The number of nitrogens with one attached hydrogen (secondary N) is 1. The van der Waals surface area contributed by atoms with Crippen LogP contribution in [0.4, 0.5) is 13.2 Å². The summed E-state index contributed by atoms with van der Waals surface area (Å²) in [5.41, 5.74) is 6.43. The third kappa shape index (κ3) is 3.50. The fourth-order valence-corrected chi connectivity index (χ4v) is 1.09. The number of hydrogen-bond acceptors (Lipinski definition) is 2. The van der Waals surface area contributed by atoms with Crippen molar-refractivity contribution in [2.24, 2.45) is 10.8 Å². The molecule has 0 fully saturated rings. The van der Waals surface area contributed by atoms with Crippen molar-refractivity contribution in [3.05, 3.63) is 35.4 Å². The highest BCUT2D eigenvalue weighted by Crippen LogP contribution is 2.30. The minimum absolute atomic E-state index is 0.0567. The Labute approximate surface area is 95.1 Å². The average Bonchev–Trinajstić information content (AvgIpc) is 2.16. The summed E-state index contributed by atoms with van der Waals surface area (Å²) in [5.74, 6) is 0. The van der Waals surface area contributed by atoms with Crippen LogP contribution in [0.2, 0.25) is 0 Å². The highest BCUT2D eigenvalue weighted by Gasteiger charge is 2.32. The molecule has 0 saturated heterocycles. The number of rotatable bonds is 2. The maximum absolute atomic E-state index is 12.5. The molecule has 16 heavy (non-hydrogen) atoms. The van der Waals surface area contributed by atoms with Gasteiger partial charge in [-0.05, 0) is 18.3 Å². The summed E-state index contributed by atoms with van der Waals surface area (Å²) in [5, 5.41) is 3.36. The second kappa shape index (κ2) is 4.93. The van der Waals surface area contributed by atoms with Gasteiger partial charge in [0, 0.05) is 5.56 Å². The van der Waals surface area contributed by atoms with E-state index in [1.165, 1.54) is 18.2 Å². The molecule has 0 amide bonds. The van der Waals surface area contributed by atoms with Crippen LogP contribution in [0.5, 0.6) is 0 Å². The molecule has 7 heteroatoms. The monoisotopic (exact) mass is 247 g/mol. The number of halogens is 3. The van der Waals surface area contributed by atoms with Crippen LogP contribution in [-0.2, 0) is 6.18 Å². The van der Waals surface area contributed by atoms with Crippen LogP contribution in [0.1, 0.15) is 11.1 Å². The van der Waals surface area contributed by atoms with Crippen LogP contribution in [0.25, 0.3) is 0 Å². The van der Waals surface area contributed by atoms with Crippen molar-refractivity contribution in [3.8, 4) is 0 Å². The van der Waals surface area contributed by atoms with Gasteiger partial charge in [0.1, 0.15) is 0 Å². The summed E-state index contributed by atoms with van der Waals surface area (Å²) in [7, 11) is 0. The molecule has 0 bridgehead atoms. The lowest BCUT2D eigenvalue weighted by atomic mass is 10.1. The van der Waals surface area contributed by atoms with Gasteiger partial charge in [0.2, 0.25) is 0 Å². The van der Waals surface area contributed by atoms with Gasteiger partial charge in [-0.25, -0.2) is 0 Å². The van der Waals surface area contributed by atoms with E-state index in [0.29, 0.717) is 0 Å². The highest BCUT2D eigenvalue weighted by atomic mass is 32.1. The fourth-order valence-electron chi connectivity index (χ4n) is 1.03. The Morgan fingerprint density at radius 1 is 1.38 bits per heavy atom. The van der Waals surface area contributed by atoms with Crippen molar-refractivity contribution in [3.63, 3.8) is 0 Å². The van der Waals surface area contributed by atoms with Crippen molar-refractivity contribution >= 4 is 23.5 Å². The Hall–Kier alpha value is -1.63. The Morgan fingerprint density at radius 3 is 2.56 bits per heavy atom. The van der Waals surface area contributed by atoms with Gasteiger partial charge in [0.15, 0.2) is 5.11 Å². The minimum Gasteiger partial charge on any atom is -0.375 e. The molecule has 0 spiro atoms. The van der Waals surface area contributed by atoms with Crippen molar-refractivity contribution in [1.82, 2.24) is 5.43 Å². The number of benzene rings is 1. The van der Waals surface area contributed by atoms with Gasteiger partial charge in [-0.15, -0.1) is 0 Å². The summed E-state index contributed by atoms with van der Waals surface area (Å²) < 4.78 is 37.5. The van der Waals surface area contributed by atoms with Crippen LogP contribution in [0, 0.1) is 0 Å². The first-order chi connectivity index (χ1) is 7.41. The Kier molecular flexibility index (Phi) is 3.83. The standard InChI is InChI=1S/C9H8F3N3S/c10-9(11,12)7-4-2-1-3-6(7)5-14-15-8(13)16/h1-5H,(H3,13,15,16)/b14-5-. The molecule has 0 radical (unpaired) electrons. The minimum atomic E-state index is -4.41. The van der Waals surface area contributed by atoms with Crippen molar-refractivity contribution in [2.75, 3.05) is 0 Å². The number of hydrogen-bond donors (Lipinski definition) is 2. The molecule has 1 rings (SSSR count). The normalized spacial score (nSPS) is 11.7. The van der Waals surface area contributed by atoms with Gasteiger partial charge >= 0.3 is 6.18 Å². The van der Waals surface area contributed by atoms with E-state index in [0.717, 1.165) is 12.3 Å². The van der Waals surface area contributed by atoms with E-state index >= 15 is 0 Å². The molecular formula is C9H8F3N3S. The summed E-state index contributed by atoms with van der Waals surface area (Å²) in [6, 6.07) is 5.06. The van der Waals surface area contributed by atoms with Gasteiger partial charge in [-0.1, -0.05) is 18.2 Å². The van der Waals surface area contributed by atoms with E-state index in [9.17, 15) is 13.2 Å². The smallest absolute Gasteiger partial charge is 0.375 e. The zero-order chi connectivity index (χ0) is 12.2. The van der Waals surface area contributed by atoms with Gasteiger partial charge in [-0.2, -0.15) is 18.3 Å². The SMILES string of the molecule is NC(=S)N/N=C\c1ccccc1C(F)(F)F. The van der Waals surface area contributed by atoms with Gasteiger partial charge in [0.25, 0.3) is 0 Å². The van der Waals surface area contributed by atoms with Gasteiger partial charge in [0.05, 0.1) is 11.8 Å². The maximum Gasteiger partial charge on any atom is 0.417 e. The first-order valence-corrected chi connectivity index (χ1v) is 4.57. The molecule has 0 aromatic heterocycles. The van der Waals surface area contributed by atoms with Crippen LogP contribution < -0.4 is 11.2 Å². The lowest BCUT2D eigenvalue weighted by molar-refractivity contribution is -0.137. The Bertz CT molecular complexity index is 415. The number of nitrogens with two attached hydrogens (primary N) is 1. The number of alkyl halides is 3. The Morgan fingerprint density at radius 2 is 2.00 bits per heavy atom. The van der Waals surface area contributed by atoms with E-state index in [-0.39, 0.29) is 10.7 Å². The zero-order valence-electron chi connectivity index (χ0n) is 7.95. The van der Waals surface area contributed by atoms with E-state index in [2.05, 4.69) is 22.7 Å². The highest BCUT2D eigenvalue weighted by molar-refractivity contribution is 7.80. The molecule has 0 aliphatic heterocycles. The molecule has 3 nitrogen and oxygen atoms in total. The fraction of sp³-hybridized carbons (Fsp3) is 0.111. The lowest BCUT2D eigenvalue weighted by Crippen LogP contribution is -2.24. The van der Waals surface area contributed by atoms with Crippen LogP contribution >= 0.6 is 12.2 Å². The van der Waals surface area contributed by atoms with Crippen LogP contribution in [0.15, 0.2) is 29.4 Å². The lowest BCUT2D eigenvalue weighted by Gasteiger charge is -2.09. The molecule has 86 valence electrons. The molecular weight excluding hydrogens is 239 g/mol. The summed E-state index contributed by atoms with van der Waals surface area (Å²) in [6.07, 6.45) is -3.40. The third-order valence-corrected chi connectivity index (χ3v) is 1.74. The molecule has 0 heterocycles. The second-order valence-corrected chi connectivity index (χ2v) is 3.26. The number of nitrogens with zero attached hydrogens (tertiary/aromatic N) is 1. The van der Waals surface area contributed by atoms with Crippen molar-refractivity contribution < 1.29 is 13.2 Å².